The fourth-order valence-electron chi connectivity index (χ4n) is 3.95. The molecule has 1 aromatic carbocycles. The zero-order valence-corrected chi connectivity index (χ0v) is 21.4. The molecule has 1 aliphatic heterocycles. The molecule has 202 valence electrons. The standard InChI is InChI=1S/C25H26ClF3N6O3/c1-14(2)20-12-21(34-38-20)33-24(37)32-18-5-3-17(4-6-18)31-23(36)15-7-9-35(10-8-15)22-19(26)11-16(13-30-22)25(27,28)29/h3-6,11-15H,7-10H2,1-2H3,(H,31,36)(H2,32,33,34,37). The number of anilines is 4. The van der Waals surface area contributed by atoms with Crippen LogP contribution in [0.1, 0.15) is 43.9 Å². The largest absolute Gasteiger partial charge is 0.417 e. The summed E-state index contributed by atoms with van der Waals surface area (Å²) in [5.74, 6) is 0.937. The predicted molar refractivity (Wildman–Crippen MR) is 137 cm³/mol. The average Bonchev–Trinajstić information content (AvgIpc) is 3.33. The van der Waals surface area contributed by atoms with Crippen LogP contribution < -0.4 is 20.9 Å². The number of halogens is 4. The van der Waals surface area contributed by atoms with Gasteiger partial charge >= 0.3 is 12.2 Å². The van der Waals surface area contributed by atoms with Gasteiger partial charge in [0.1, 0.15) is 11.6 Å². The quantitative estimate of drug-likeness (QED) is 0.329. The molecule has 3 aromatic rings. The molecule has 0 atom stereocenters. The van der Waals surface area contributed by atoms with Gasteiger partial charge in [-0.15, -0.1) is 0 Å². The van der Waals surface area contributed by atoms with E-state index in [2.05, 4.69) is 26.1 Å². The molecule has 9 nitrogen and oxygen atoms in total. The molecule has 0 aliphatic carbocycles. The molecule has 2 aromatic heterocycles. The zero-order valence-electron chi connectivity index (χ0n) is 20.6. The van der Waals surface area contributed by atoms with Crippen LogP contribution in [0.3, 0.4) is 0 Å². The molecule has 1 aliphatic rings. The molecule has 0 unspecified atom stereocenters. The number of rotatable bonds is 6. The summed E-state index contributed by atoms with van der Waals surface area (Å²) in [7, 11) is 0. The van der Waals surface area contributed by atoms with E-state index in [-0.39, 0.29) is 28.6 Å². The summed E-state index contributed by atoms with van der Waals surface area (Å²) in [6, 6.07) is 8.67. The minimum atomic E-state index is -4.52. The highest BCUT2D eigenvalue weighted by Gasteiger charge is 2.33. The second-order valence-electron chi connectivity index (χ2n) is 9.20. The predicted octanol–water partition coefficient (Wildman–Crippen LogP) is 6.36. The van der Waals surface area contributed by atoms with Crippen molar-refractivity contribution in [2.45, 2.75) is 38.8 Å². The normalized spacial score (nSPS) is 14.4. The summed E-state index contributed by atoms with van der Waals surface area (Å²) in [4.78, 5) is 30.6. The Labute approximate surface area is 221 Å². The number of hydrogen-bond acceptors (Lipinski definition) is 6. The van der Waals surface area contributed by atoms with Crippen molar-refractivity contribution in [2.75, 3.05) is 33.9 Å². The third kappa shape index (κ3) is 6.74. The smallest absolute Gasteiger partial charge is 0.359 e. The van der Waals surface area contributed by atoms with Crippen molar-refractivity contribution in [2.24, 2.45) is 5.92 Å². The van der Waals surface area contributed by atoms with Gasteiger partial charge in [-0.05, 0) is 43.2 Å². The first-order valence-electron chi connectivity index (χ1n) is 11.9. The monoisotopic (exact) mass is 550 g/mol. The maximum atomic E-state index is 12.9. The molecule has 0 spiro atoms. The van der Waals surface area contributed by atoms with Crippen LogP contribution in [0.2, 0.25) is 5.02 Å². The Balaban J connectivity index is 1.26. The number of hydrogen-bond donors (Lipinski definition) is 3. The van der Waals surface area contributed by atoms with Gasteiger partial charge in [-0.3, -0.25) is 10.1 Å². The molecule has 3 N–H and O–H groups in total. The van der Waals surface area contributed by atoms with Gasteiger partial charge in [-0.1, -0.05) is 30.6 Å². The van der Waals surface area contributed by atoms with E-state index >= 15 is 0 Å². The summed E-state index contributed by atoms with van der Waals surface area (Å²) in [5, 5.41) is 11.9. The number of amides is 3. The Morgan fingerprint density at radius 1 is 1.05 bits per heavy atom. The van der Waals surface area contributed by atoms with Gasteiger partial charge in [-0.2, -0.15) is 13.2 Å². The number of nitrogens with one attached hydrogen (secondary N) is 3. The molecule has 13 heteroatoms. The van der Waals surface area contributed by atoms with Crippen LogP contribution in [0, 0.1) is 5.92 Å². The molecule has 3 heterocycles. The maximum Gasteiger partial charge on any atom is 0.417 e. The molecular weight excluding hydrogens is 525 g/mol. The van der Waals surface area contributed by atoms with Crippen LogP contribution in [-0.4, -0.2) is 35.2 Å². The zero-order chi connectivity index (χ0) is 27.4. The van der Waals surface area contributed by atoms with Gasteiger partial charge in [0.05, 0.1) is 10.6 Å². The molecule has 38 heavy (non-hydrogen) atoms. The second kappa shape index (κ2) is 11.3. The van der Waals surface area contributed by atoms with Crippen LogP contribution in [0.15, 0.2) is 47.1 Å². The number of alkyl halides is 3. The van der Waals surface area contributed by atoms with Crippen LogP contribution in [0.4, 0.5) is 41.0 Å². The van der Waals surface area contributed by atoms with Gasteiger partial charge in [0.25, 0.3) is 0 Å². The highest BCUT2D eigenvalue weighted by atomic mass is 35.5. The first-order valence-corrected chi connectivity index (χ1v) is 12.3. The maximum absolute atomic E-state index is 12.9. The van der Waals surface area contributed by atoms with E-state index in [1.165, 1.54) is 0 Å². The van der Waals surface area contributed by atoms with Crippen molar-refractivity contribution >= 4 is 46.5 Å². The van der Waals surface area contributed by atoms with E-state index in [1.54, 1.807) is 35.2 Å². The molecule has 3 amide bonds. The fraction of sp³-hybridized carbons (Fsp3) is 0.360. The fourth-order valence-corrected chi connectivity index (χ4v) is 4.24. The van der Waals surface area contributed by atoms with Gasteiger partial charge < -0.3 is 20.1 Å². The molecule has 0 saturated carbocycles. The Bertz CT molecular complexity index is 1290. The van der Waals surface area contributed by atoms with Crippen molar-refractivity contribution in [1.82, 2.24) is 10.1 Å². The Hall–Kier alpha value is -3.80. The SMILES string of the molecule is CC(C)c1cc(NC(=O)Nc2ccc(NC(=O)C3CCN(c4ncc(C(F)(F)F)cc4Cl)CC3)cc2)no1. The summed E-state index contributed by atoms with van der Waals surface area (Å²) in [6.07, 6.45) is -2.77. The lowest BCUT2D eigenvalue weighted by Crippen LogP contribution is -2.38. The third-order valence-corrected chi connectivity index (χ3v) is 6.34. The minimum absolute atomic E-state index is 0.0774. The van der Waals surface area contributed by atoms with Crippen molar-refractivity contribution in [3.8, 4) is 0 Å². The molecule has 1 fully saturated rings. The Morgan fingerprint density at radius 3 is 2.24 bits per heavy atom. The number of carbonyl (C=O) groups is 2. The lowest BCUT2D eigenvalue weighted by Gasteiger charge is -2.32. The lowest BCUT2D eigenvalue weighted by molar-refractivity contribution is -0.137. The first-order chi connectivity index (χ1) is 18.0. The van der Waals surface area contributed by atoms with E-state index in [0.29, 0.717) is 48.9 Å². The molecule has 0 radical (unpaired) electrons. The first kappa shape index (κ1) is 27.2. The van der Waals surface area contributed by atoms with Crippen molar-refractivity contribution in [3.63, 3.8) is 0 Å². The van der Waals surface area contributed by atoms with E-state index in [4.69, 9.17) is 16.1 Å². The topological polar surface area (TPSA) is 112 Å². The number of carbonyl (C=O) groups excluding carboxylic acids is 2. The number of benzene rings is 1. The highest BCUT2D eigenvalue weighted by molar-refractivity contribution is 6.33. The molecule has 4 rings (SSSR count). The summed E-state index contributed by atoms with van der Waals surface area (Å²) >= 11 is 6.05. The van der Waals surface area contributed by atoms with Gasteiger partial charge in [-0.25, -0.2) is 9.78 Å². The Kier molecular flexibility index (Phi) is 8.10. The molecule has 0 bridgehead atoms. The van der Waals surface area contributed by atoms with Crippen LogP contribution in [0.25, 0.3) is 0 Å². The van der Waals surface area contributed by atoms with E-state index < -0.39 is 17.8 Å². The van der Waals surface area contributed by atoms with Crippen LogP contribution in [-0.2, 0) is 11.0 Å². The van der Waals surface area contributed by atoms with Crippen molar-refractivity contribution in [3.05, 3.63) is 58.9 Å². The lowest BCUT2D eigenvalue weighted by atomic mass is 9.95. The van der Waals surface area contributed by atoms with Crippen LogP contribution in [0.5, 0.6) is 0 Å². The minimum Gasteiger partial charge on any atom is -0.359 e. The summed E-state index contributed by atoms with van der Waals surface area (Å²) in [5.41, 5.74) is 0.175. The summed E-state index contributed by atoms with van der Waals surface area (Å²) in [6.45, 7) is 4.76. The van der Waals surface area contributed by atoms with Gasteiger partial charge in [0, 0.05) is 48.6 Å². The van der Waals surface area contributed by atoms with E-state index in [0.717, 1.165) is 12.3 Å². The Morgan fingerprint density at radius 2 is 1.68 bits per heavy atom. The summed E-state index contributed by atoms with van der Waals surface area (Å²) < 4.78 is 43.7. The van der Waals surface area contributed by atoms with Gasteiger partial charge in [0.2, 0.25) is 5.91 Å². The average molecular weight is 551 g/mol. The second-order valence-corrected chi connectivity index (χ2v) is 9.61. The number of aromatic nitrogens is 2. The van der Waals surface area contributed by atoms with Crippen molar-refractivity contribution < 1.29 is 27.3 Å². The number of nitrogens with zero attached hydrogens (tertiary/aromatic N) is 3. The van der Waals surface area contributed by atoms with Crippen LogP contribution >= 0.6 is 11.6 Å². The van der Waals surface area contributed by atoms with E-state index in [1.807, 2.05) is 13.8 Å². The number of urea groups is 1. The highest BCUT2D eigenvalue weighted by Crippen LogP contribution is 2.34. The van der Waals surface area contributed by atoms with Crippen molar-refractivity contribution in [1.29, 1.82) is 0 Å². The molecule has 1 saturated heterocycles. The number of pyridine rings is 1. The van der Waals surface area contributed by atoms with Gasteiger partial charge in [0.15, 0.2) is 5.82 Å². The number of piperidine rings is 1. The van der Waals surface area contributed by atoms with E-state index in [9.17, 15) is 22.8 Å². The molecular formula is C25H26ClF3N6O3. The third-order valence-electron chi connectivity index (χ3n) is 6.06.